The van der Waals surface area contributed by atoms with Crippen LogP contribution in [0.15, 0.2) is 41.3 Å². The highest BCUT2D eigenvalue weighted by Crippen LogP contribution is 2.18. The second-order valence-electron chi connectivity index (χ2n) is 4.99. The molecule has 7 heteroatoms. The lowest BCUT2D eigenvalue weighted by atomic mass is 10.2. The first-order valence-corrected chi connectivity index (χ1v) is 6.91. The van der Waals surface area contributed by atoms with E-state index in [4.69, 9.17) is 9.52 Å². The van der Waals surface area contributed by atoms with Gasteiger partial charge in [-0.2, -0.15) is 0 Å². The van der Waals surface area contributed by atoms with Gasteiger partial charge in [0, 0.05) is 32.4 Å². The van der Waals surface area contributed by atoms with Gasteiger partial charge in [0.1, 0.15) is 0 Å². The van der Waals surface area contributed by atoms with E-state index in [2.05, 4.69) is 4.98 Å². The molecule has 0 atom stereocenters. The average Bonchev–Trinajstić information content (AvgIpc) is 3.09. The molecule has 2 aromatic heterocycles. The first kappa shape index (κ1) is 14.1. The summed E-state index contributed by atoms with van der Waals surface area (Å²) in [6.45, 7) is 2.35. The number of furan rings is 1. The number of nitrogens with zero attached hydrogens (tertiary/aromatic N) is 3. The summed E-state index contributed by atoms with van der Waals surface area (Å²) in [4.78, 5) is 30.9. The Morgan fingerprint density at radius 1 is 1.18 bits per heavy atom. The SMILES string of the molecule is O=C(O)c1cncc(N2CCN(C(=O)c3ccco3)CC2)c1. The maximum absolute atomic E-state index is 12.2. The van der Waals surface area contributed by atoms with E-state index < -0.39 is 5.97 Å². The molecule has 0 unspecified atom stereocenters. The van der Waals surface area contributed by atoms with Crippen LogP contribution < -0.4 is 4.90 Å². The van der Waals surface area contributed by atoms with Crippen LogP contribution in [0.4, 0.5) is 5.69 Å². The third kappa shape index (κ3) is 2.78. The molecule has 3 heterocycles. The summed E-state index contributed by atoms with van der Waals surface area (Å²) in [5, 5.41) is 9.01. The molecule has 1 saturated heterocycles. The van der Waals surface area contributed by atoms with Crippen molar-refractivity contribution in [1.82, 2.24) is 9.88 Å². The number of hydrogen-bond donors (Lipinski definition) is 1. The van der Waals surface area contributed by atoms with Gasteiger partial charge in [0.15, 0.2) is 5.76 Å². The van der Waals surface area contributed by atoms with Gasteiger partial charge in [-0.3, -0.25) is 9.78 Å². The minimum atomic E-state index is -0.999. The third-order valence-electron chi connectivity index (χ3n) is 3.63. The predicted molar refractivity (Wildman–Crippen MR) is 78.0 cm³/mol. The molecule has 0 aromatic carbocycles. The Balaban J connectivity index is 1.65. The number of piperazine rings is 1. The number of aromatic carboxylic acids is 1. The monoisotopic (exact) mass is 301 g/mol. The second kappa shape index (κ2) is 5.88. The van der Waals surface area contributed by atoms with Crippen LogP contribution in [-0.4, -0.2) is 53.0 Å². The molecule has 0 aliphatic carbocycles. The summed E-state index contributed by atoms with van der Waals surface area (Å²) >= 11 is 0. The van der Waals surface area contributed by atoms with E-state index in [9.17, 15) is 9.59 Å². The summed E-state index contributed by atoms with van der Waals surface area (Å²) in [5.41, 5.74) is 0.914. The Morgan fingerprint density at radius 2 is 1.95 bits per heavy atom. The number of rotatable bonds is 3. The summed E-state index contributed by atoms with van der Waals surface area (Å²) in [6, 6.07) is 4.93. The molecule has 0 spiro atoms. The minimum Gasteiger partial charge on any atom is -0.478 e. The normalized spacial score (nSPS) is 14.9. The summed E-state index contributed by atoms with van der Waals surface area (Å²) in [5.74, 6) is -0.786. The van der Waals surface area contributed by atoms with Crippen molar-refractivity contribution < 1.29 is 19.1 Å². The van der Waals surface area contributed by atoms with Crippen LogP contribution in [0.5, 0.6) is 0 Å². The largest absolute Gasteiger partial charge is 0.478 e. The quantitative estimate of drug-likeness (QED) is 0.920. The lowest BCUT2D eigenvalue weighted by molar-refractivity contribution is 0.0694. The lowest BCUT2D eigenvalue weighted by Crippen LogP contribution is -2.48. The Hall–Kier alpha value is -2.83. The van der Waals surface area contributed by atoms with Crippen molar-refractivity contribution in [3.63, 3.8) is 0 Å². The highest BCUT2D eigenvalue weighted by Gasteiger charge is 2.24. The molecule has 1 amide bonds. The van der Waals surface area contributed by atoms with Gasteiger partial charge in [-0.1, -0.05) is 0 Å². The molecule has 1 aliphatic heterocycles. The van der Waals surface area contributed by atoms with Crippen molar-refractivity contribution in [2.24, 2.45) is 0 Å². The number of carbonyl (C=O) groups is 2. The van der Waals surface area contributed by atoms with E-state index in [0.29, 0.717) is 31.9 Å². The molecule has 1 aliphatic rings. The second-order valence-corrected chi connectivity index (χ2v) is 4.99. The molecule has 0 saturated carbocycles. The van der Waals surface area contributed by atoms with Gasteiger partial charge >= 0.3 is 5.97 Å². The topological polar surface area (TPSA) is 86.9 Å². The van der Waals surface area contributed by atoms with Crippen LogP contribution in [-0.2, 0) is 0 Å². The van der Waals surface area contributed by atoms with Gasteiger partial charge in [-0.25, -0.2) is 4.79 Å². The highest BCUT2D eigenvalue weighted by atomic mass is 16.4. The maximum Gasteiger partial charge on any atom is 0.337 e. The molecular formula is C15H15N3O4. The molecule has 7 nitrogen and oxygen atoms in total. The van der Waals surface area contributed by atoms with Crippen molar-refractivity contribution >= 4 is 17.6 Å². The minimum absolute atomic E-state index is 0.123. The summed E-state index contributed by atoms with van der Waals surface area (Å²) in [6.07, 6.45) is 4.44. The number of carboxylic acid groups (broad SMARTS) is 1. The zero-order valence-corrected chi connectivity index (χ0v) is 11.8. The molecule has 1 fully saturated rings. The van der Waals surface area contributed by atoms with Crippen LogP contribution in [0.2, 0.25) is 0 Å². The summed E-state index contributed by atoms with van der Waals surface area (Å²) in [7, 11) is 0. The van der Waals surface area contributed by atoms with Crippen LogP contribution in [0.1, 0.15) is 20.9 Å². The lowest BCUT2D eigenvalue weighted by Gasteiger charge is -2.35. The van der Waals surface area contributed by atoms with E-state index in [0.717, 1.165) is 5.69 Å². The van der Waals surface area contributed by atoms with Crippen molar-refractivity contribution in [1.29, 1.82) is 0 Å². The van der Waals surface area contributed by atoms with Crippen LogP contribution in [0.25, 0.3) is 0 Å². The number of pyridine rings is 1. The molecular weight excluding hydrogens is 286 g/mol. The Bertz CT molecular complexity index is 676. The van der Waals surface area contributed by atoms with E-state index in [1.807, 2.05) is 4.90 Å². The predicted octanol–water partition coefficient (Wildman–Crippen LogP) is 1.34. The molecule has 3 rings (SSSR count). The smallest absolute Gasteiger partial charge is 0.337 e. The van der Waals surface area contributed by atoms with Gasteiger partial charge in [0.05, 0.1) is 23.7 Å². The zero-order chi connectivity index (χ0) is 15.5. The van der Waals surface area contributed by atoms with Gasteiger partial charge in [-0.05, 0) is 18.2 Å². The Labute approximate surface area is 126 Å². The first-order valence-electron chi connectivity index (χ1n) is 6.91. The molecule has 2 aromatic rings. The number of carboxylic acids is 1. The van der Waals surface area contributed by atoms with Crippen LogP contribution in [0.3, 0.4) is 0 Å². The fourth-order valence-electron chi connectivity index (χ4n) is 2.44. The van der Waals surface area contributed by atoms with E-state index in [1.165, 1.54) is 12.5 Å². The number of anilines is 1. The van der Waals surface area contributed by atoms with Crippen molar-refractivity contribution in [3.05, 3.63) is 48.2 Å². The first-order chi connectivity index (χ1) is 10.6. The molecule has 0 radical (unpaired) electrons. The fraction of sp³-hybridized carbons (Fsp3) is 0.267. The van der Waals surface area contributed by atoms with Crippen molar-refractivity contribution in [2.45, 2.75) is 0 Å². The Kier molecular flexibility index (Phi) is 3.78. The molecule has 0 bridgehead atoms. The summed E-state index contributed by atoms with van der Waals surface area (Å²) < 4.78 is 5.12. The number of carbonyl (C=O) groups excluding carboxylic acids is 1. The van der Waals surface area contributed by atoms with Gasteiger partial charge in [0.2, 0.25) is 0 Å². The number of amides is 1. The van der Waals surface area contributed by atoms with E-state index in [-0.39, 0.29) is 11.5 Å². The molecule has 22 heavy (non-hydrogen) atoms. The number of hydrogen-bond acceptors (Lipinski definition) is 5. The number of aromatic nitrogens is 1. The third-order valence-corrected chi connectivity index (χ3v) is 3.63. The Morgan fingerprint density at radius 3 is 2.59 bits per heavy atom. The molecule has 1 N–H and O–H groups in total. The van der Waals surface area contributed by atoms with Gasteiger partial charge < -0.3 is 19.3 Å². The average molecular weight is 301 g/mol. The maximum atomic E-state index is 12.2. The standard InChI is InChI=1S/C15H15N3O4/c19-14(13-2-1-7-22-13)18-5-3-17(4-6-18)12-8-11(15(20)21)9-16-10-12/h1-2,7-10H,3-6H2,(H,20,21). The van der Waals surface area contributed by atoms with E-state index >= 15 is 0 Å². The van der Waals surface area contributed by atoms with Gasteiger partial charge in [-0.15, -0.1) is 0 Å². The zero-order valence-electron chi connectivity index (χ0n) is 11.8. The fourth-order valence-corrected chi connectivity index (χ4v) is 2.44. The van der Waals surface area contributed by atoms with Crippen molar-refractivity contribution in [3.8, 4) is 0 Å². The van der Waals surface area contributed by atoms with Crippen LogP contribution >= 0.6 is 0 Å². The van der Waals surface area contributed by atoms with Crippen molar-refractivity contribution in [2.75, 3.05) is 31.1 Å². The highest BCUT2D eigenvalue weighted by molar-refractivity contribution is 5.91. The van der Waals surface area contributed by atoms with Crippen LogP contribution in [0, 0.1) is 0 Å². The van der Waals surface area contributed by atoms with Gasteiger partial charge in [0.25, 0.3) is 5.91 Å². The molecule has 114 valence electrons. The van der Waals surface area contributed by atoms with E-state index in [1.54, 1.807) is 29.3 Å².